The number of nitrogens with zero attached hydrogens (tertiary/aromatic N) is 2. The highest BCUT2D eigenvalue weighted by Crippen LogP contribution is 2.11. The quantitative estimate of drug-likeness (QED) is 0.492. The molecule has 1 aromatic heterocycles. The van der Waals surface area contributed by atoms with Gasteiger partial charge in [-0.3, -0.25) is 4.79 Å². The highest BCUT2D eigenvalue weighted by Gasteiger charge is 2.11. The first-order chi connectivity index (χ1) is 9.06. The topological polar surface area (TPSA) is 122 Å². The summed E-state index contributed by atoms with van der Waals surface area (Å²) in [4.78, 5) is 19.1. The third-order valence-electron chi connectivity index (χ3n) is 2.27. The number of primary amides is 1. The number of ether oxygens (including phenoxy) is 1. The summed E-state index contributed by atoms with van der Waals surface area (Å²) in [5.74, 6) is 0.810. The van der Waals surface area contributed by atoms with Gasteiger partial charge in [0.1, 0.15) is 24.3 Å². The van der Waals surface area contributed by atoms with Gasteiger partial charge in [-0.1, -0.05) is 0 Å². The predicted octanol–water partition coefficient (Wildman–Crippen LogP) is -0.687. The van der Waals surface area contributed by atoms with Crippen LogP contribution in [0.5, 0.6) is 0 Å². The standard InChI is InChI=1S/C11H19N5O3/c1-3-19-6-10-15-8(13-2)4-9(16-10)14-5-7(17)11(12)18/h4,7,17H,3,5-6H2,1-2H3,(H2,12,18)(H2,13,14,15,16). The molecule has 0 aromatic carbocycles. The van der Waals surface area contributed by atoms with Gasteiger partial charge in [0.25, 0.3) is 0 Å². The molecule has 8 heteroatoms. The molecule has 0 aliphatic carbocycles. The maximum Gasteiger partial charge on any atom is 0.248 e. The Labute approximate surface area is 111 Å². The van der Waals surface area contributed by atoms with E-state index >= 15 is 0 Å². The van der Waals surface area contributed by atoms with E-state index in [2.05, 4.69) is 20.6 Å². The molecule has 1 atom stereocenters. The minimum atomic E-state index is -1.26. The van der Waals surface area contributed by atoms with Crippen molar-refractivity contribution in [3.63, 3.8) is 0 Å². The number of aliphatic hydroxyl groups is 1. The van der Waals surface area contributed by atoms with Crippen LogP contribution in [0.25, 0.3) is 0 Å². The Hall–Kier alpha value is -1.93. The zero-order valence-electron chi connectivity index (χ0n) is 11.0. The van der Waals surface area contributed by atoms with E-state index in [0.717, 1.165) is 0 Å². The van der Waals surface area contributed by atoms with Gasteiger partial charge in [0.2, 0.25) is 5.91 Å². The number of nitrogens with one attached hydrogen (secondary N) is 2. The summed E-state index contributed by atoms with van der Waals surface area (Å²) in [5.41, 5.74) is 4.96. The number of amides is 1. The molecule has 0 aliphatic rings. The lowest BCUT2D eigenvalue weighted by molar-refractivity contribution is -0.125. The van der Waals surface area contributed by atoms with Crippen molar-refractivity contribution in [2.24, 2.45) is 5.73 Å². The van der Waals surface area contributed by atoms with Crippen LogP contribution < -0.4 is 16.4 Å². The van der Waals surface area contributed by atoms with Crippen molar-refractivity contribution in [3.05, 3.63) is 11.9 Å². The van der Waals surface area contributed by atoms with Gasteiger partial charge in [-0.05, 0) is 6.92 Å². The number of hydrogen-bond acceptors (Lipinski definition) is 7. The molecule has 5 N–H and O–H groups in total. The molecule has 0 saturated carbocycles. The SMILES string of the molecule is CCOCc1nc(NC)cc(NCC(O)C(N)=O)n1. The third kappa shape index (κ3) is 5.06. The molecule has 1 rings (SSSR count). The van der Waals surface area contributed by atoms with E-state index in [1.165, 1.54) is 0 Å². The number of rotatable bonds is 8. The Morgan fingerprint density at radius 3 is 2.79 bits per heavy atom. The summed E-state index contributed by atoms with van der Waals surface area (Å²) in [7, 11) is 1.73. The lowest BCUT2D eigenvalue weighted by Crippen LogP contribution is -2.34. The summed E-state index contributed by atoms with van der Waals surface area (Å²) in [6, 6.07) is 1.66. The van der Waals surface area contributed by atoms with E-state index in [1.807, 2.05) is 6.92 Å². The Morgan fingerprint density at radius 2 is 2.21 bits per heavy atom. The molecule has 106 valence electrons. The van der Waals surface area contributed by atoms with Crippen LogP contribution in [0.4, 0.5) is 11.6 Å². The molecular weight excluding hydrogens is 250 g/mol. The molecule has 19 heavy (non-hydrogen) atoms. The average molecular weight is 269 g/mol. The predicted molar refractivity (Wildman–Crippen MR) is 70.6 cm³/mol. The molecule has 1 unspecified atom stereocenters. The highest BCUT2D eigenvalue weighted by atomic mass is 16.5. The van der Waals surface area contributed by atoms with Gasteiger partial charge < -0.3 is 26.2 Å². The van der Waals surface area contributed by atoms with Crippen LogP contribution in [0.3, 0.4) is 0 Å². The zero-order chi connectivity index (χ0) is 14.3. The minimum Gasteiger partial charge on any atom is -0.381 e. The molecular formula is C11H19N5O3. The lowest BCUT2D eigenvalue weighted by Gasteiger charge is -2.11. The maximum atomic E-state index is 10.7. The molecule has 8 nitrogen and oxygen atoms in total. The number of aromatic nitrogens is 2. The van der Waals surface area contributed by atoms with Gasteiger partial charge in [0, 0.05) is 19.7 Å². The fraction of sp³-hybridized carbons (Fsp3) is 0.545. The Morgan fingerprint density at radius 1 is 1.53 bits per heavy atom. The summed E-state index contributed by atoms with van der Waals surface area (Å²) in [6.45, 7) is 2.73. The Kier molecular flexibility index (Phi) is 5.97. The average Bonchev–Trinajstić information content (AvgIpc) is 2.42. The second-order valence-corrected chi connectivity index (χ2v) is 3.74. The summed E-state index contributed by atoms with van der Waals surface area (Å²) in [5, 5.41) is 15.0. The van der Waals surface area contributed by atoms with E-state index in [1.54, 1.807) is 13.1 Å². The van der Waals surface area contributed by atoms with Crippen LogP contribution in [-0.4, -0.2) is 47.3 Å². The van der Waals surface area contributed by atoms with Gasteiger partial charge >= 0.3 is 0 Å². The third-order valence-corrected chi connectivity index (χ3v) is 2.27. The smallest absolute Gasteiger partial charge is 0.248 e. The van der Waals surface area contributed by atoms with Crippen LogP contribution >= 0.6 is 0 Å². The normalized spacial score (nSPS) is 11.9. The number of carbonyl (C=O) groups is 1. The molecule has 0 fully saturated rings. The molecule has 0 spiro atoms. The minimum absolute atomic E-state index is 0.0103. The number of hydrogen-bond donors (Lipinski definition) is 4. The van der Waals surface area contributed by atoms with Gasteiger partial charge in [0.05, 0.1) is 6.54 Å². The number of aliphatic hydroxyl groups excluding tert-OH is 1. The first kappa shape index (κ1) is 15.1. The molecule has 0 aliphatic heterocycles. The second kappa shape index (κ2) is 7.49. The Bertz CT molecular complexity index is 427. The van der Waals surface area contributed by atoms with Gasteiger partial charge in [-0.15, -0.1) is 0 Å². The molecule has 1 amide bonds. The van der Waals surface area contributed by atoms with Crippen LogP contribution in [0.2, 0.25) is 0 Å². The van der Waals surface area contributed by atoms with Crippen LogP contribution in [-0.2, 0) is 16.1 Å². The van der Waals surface area contributed by atoms with Crippen molar-refractivity contribution in [1.29, 1.82) is 0 Å². The zero-order valence-corrected chi connectivity index (χ0v) is 11.0. The van der Waals surface area contributed by atoms with Crippen molar-refractivity contribution in [3.8, 4) is 0 Å². The van der Waals surface area contributed by atoms with E-state index in [4.69, 9.17) is 10.5 Å². The summed E-state index contributed by atoms with van der Waals surface area (Å²) in [6.07, 6.45) is -1.26. The molecule has 1 heterocycles. The number of nitrogens with two attached hydrogens (primary N) is 1. The second-order valence-electron chi connectivity index (χ2n) is 3.74. The van der Waals surface area contributed by atoms with Gasteiger partial charge in [0.15, 0.2) is 5.82 Å². The van der Waals surface area contributed by atoms with E-state index in [0.29, 0.717) is 30.7 Å². The van der Waals surface area contributed by atoms with E-state index in [-0.39, 0.29) is 6.54 Å². The monoisotopic (exact) mass is 269 g/mol. The highest BCUT2D eigenvalue weighted by molar-refractivity contribution is 5.79. The van der Waals surface area contributed by atoms with E-state index in [9.17, 15) is 9.90 Å². The van der Waals surface area contributed by atoms with E-state index < -0.39 is 12.0 Å². The number of anilines is 2. The van der Waals surface area contributed by atoms with Crippen LogP contribution in [0.1, 0.15) is 12.7 Å². The van der Waals surface area contributed by atoms with Crippen molar-refractivity contribution in [2.45, 2.75) is 19.6 Å². The molecule has 0 saturated heterocycles. The first-order valence-electron chi connectivity index (χ1n) is 5.91. The fourth-order valence-electron chi connectivity index (χ4n) is 1.28. The summed E-state index contributed by atoms with van der Waals surface area (Å²) < 4.78 is 5.23. The Balaban J connectivity index is 2.73. The van der Waals surface area contributed by atoms with Crippen molar-refractivity contribution in [1.82, 2.24) is 9.97 Å². The van der Waals surface area contributed by atoms with Crippen molar-refractivity contribution < 1.29 is 14.6 Å². The van der Waals surface area contributed by atoms with Crippen molar-refractivity contribution in [2.75, 3.05) is 30.8 Å². The van der Waals surface area contributed by atoms with Crippen molar-refractivity contribution >= 4 is 17.5 Å². The molecule has 0 radical (unpaired) electrons. The van der Waals surface area contributed by atoms with Gasteiger partial charge in [-0.25, -0.2) is 9.97 Å². The van der Waals surface area contributed by atoms with Crippen LogP contribution in [0.15, 0.2) is 6.07 Å². The molecule has 1 aromatic rings. The van der Waals surface area contributed by atoms with Gasteiger partial charge in [-0.2, -0.15) is 0 Å². The first-order valence-corrected chi connectivity index (χ1v) is 5.91. The maximum absolute atomic E-state index is 10.7. The summed E-state index contributed by atoms with van der Waals surface area (Å²) >= 11 is 0. The largest absolute Gasteiger partial charge is 0.381 e. The lowest BCUT2D eigenvalue weighted by atomic mass is 10.3. The molecule has 0 bridgehead atoms. The van der Waals surface area contributed by atoms with Crippen LogP contribution in [0, 0.1) is 0 Å². The number of carbonyl (C=O) groups excluding carboxylic acids is 1. The fourth-order valence-corrected chi connectivity index (χ4v) is 1.28.